The molecule has 0 fully saturated rings. The lowest BCUT2D eigenvalue weighted by atomic mass is 9.92. The van der Waals surface area contributed by atoms with Gasteiger partial charge < -0.3 is 20.9 Å². The first-order valence-corrected chi connectivity index (χ1v) is 10.8. The van der Waals surface area contributed by atoms with Crippen molar-refractivity contribution in [1.29, 1.82) is 0 Å². The summed E-state index contributed by atoms with van der Waals surface area (Å²) in [6, 6.07) is 10.9. The molecule has 5 heteroatoms. The van der Waals surface area contributed by atoms with Gasteiger partial charge in [0, 0.05) is 22.4 Å². The number of allylic oxidation sites excluding steroid dienone is 5. The Bertz CT molecular complexity index is 1140. The van der Waals surface area contributed by atoms with E-state index in [2.05, 4.69) is 37.4 Å². The van der Waals surface area contributed by atoms with Gasteiger partial charge in [-0.3, -0.25) is 0 Å². The average Bonchev–Trinajstić information content (AvgIpc) is 2.77. The van der Waals surface area contributed by atoms with Gasteiger partial charge in [-0.15, -0.1) is 0 Å². The minimum absolute atomic E-state index is 0.189. The molecule has 1 heterocycles. The van der Waals surface area contributed by atoms with Crippen molar-refractivity contribution in [2.24, 2.45) is 5.73 Å². The molecule has 4 N–H and O–H groups in total. The first-order valence-electron chi connectivity index (χ1n) is 10.8. The van der Waals surface area contributed by atoms with Crippen LogP contribution in [0.4, 0.5) is 5.69 Å². The topological polar surface area (TPSA) is 84.6 Å². The third kappa shape index (κ3) is 4.78. The highest BCUT2D eigenvalue weighted by atomic mass is 16.5. The number of ether oxygens (including phenoxy) is 1. The molecule has 0 spiro atoms. The van der Waals surface area contributed by atoms with Gasteiger partial charge in [0.2, 0.25) is 0 Å². The number of aromatic carboxylic acids is 1. The summed E-state index contributed by atoms with van der Waals surface area (Å²) in [4.78, 5) is 11.7. The standard InChI is InChI=1S/C27H30N2O3/c1-5-9-20-16-25(19(6-2)12-13-28)32-26-22(14-17(3)15-23(20)26)18(4)29-24-11-8-7-10-21(24)27(30)31/h6-16,18,29H,5,28H2,1-4H3,(H,30,31)/b13-12?,19-6+,20-9-. The summed E-state index contributed by atoms with van der Waals surface area (Å²) in [6.45, 7) is 8.12. The lowest BCUT2D eigenvalue weighted by Gasteiger charge is -2.27. The van der Waals surface area contributed by atoms with Gasteiger partial charge in [-0.25, -0.2) is 4.79 Å². The van der Waals surface area contributed by atoms with Crippen LogP contribution in [0.1, 0.15) is 60.3 Å². The Morgan fingerprint density at radius 2 is 2.03 bits per heavy atom. The zero-order chi connectivity index (χ0) is 23.3. The SMILES string of the molecule is C/C=C(\C=CN)C1=C/C(=C/CC)c2cc(C)cc(C(C)Nc3ccccc3C(=O)O)c2O1. The van der Waals surface area contributed by atoms with Crippen LogP contribution in [-0.4, -0.2) is 11.1 Å². The fraction of sp³-hybridized carbons (Fsp3) is 0.222. The number of fused-ring (bicyclic) bond motifs is 1. The molecule has 2 aromatic rings. The van der Waals surface area contributed by atoms with E-state index < -0.39 is 5.97 Å². The van der Waals surface area contributed by atoms with Gasteiger partial charge in [0.05, 0.1) is 11.6 Å². The van der Waals surface area contributed by atoms with Gasteiger partial charge in [-0.2, -0.15) is 0 Å². The smallest absolute Gasteiger partial charge is 0.337 e. The summed E-state index contributed by atoms with van der Waals surface area (Å²) >= 11 is 0. The average molecular weight is 431 g/mol. The van der Waals surface area contributed by atoms with E-state index >= 15 is 0 Å². The van der Waals surface area contributed by atoms with Crippen LogP contribution in [0.2, 0.25) is 0 Å². The second kappa shape index (κ2) is 10.1. The lowest BCUT2D eigenvalue weighted by molar-refractivity contribution is 0.0698. The first-order chi connectivity index (χ1) is 15.4. The van der Waals surface area contributed by atoms with Crippen LogP contribution < -0.4 is 15.8 Å². The fourth-order valence-electron chi connectivity index (χ4n) is 3.87. The highest BCUT2D eigenvalue weighted by Crippen LogP contribution is 2.42. The maximum absolute atomic E-state index is 11.7. The van der Waals surface area contributed by atoms with E-state index in [1.165, 1.54) is 6.20 Å². The number of nitrogens with one attached hydrogen (secondary N) is 1. The second-order valence-corrected chi connectivity index (χ2v) is 7.73. The van der Waals surface area contributed by atoms with Crippen LogP contribution in [0.3, 0.4) is 0 Å². The van der Waals surface area contributed by atoms with E-state index in [0.717, 1.165) is 45.8 Å². The van der Waals surface area contributed by atoms with Crippen molar-refractivity contribution in [3.63, 3.8) is 0 Å². The minimum atomic E-state index is -0.965. The minimum Gasteiger partial charge on any atom is -0.478 e. The molecule has 1 atom stereocenters. The van der Waals surface area contributed by atoms with E-state index in [4.69, 9.17) is 10.5 Å². The fourth-order valence-corrected chi connectivity index (χ4v) is 3.87. The number of benzene rings is 2. The Morgan fingerprint density at radius 1 is 1.28 bits per heavy atom. The summed E-state index contributed by atoms with van der Waals surface area (Å²) in [5.41, 5.74) is 11.5. The van der Waals surface area contributed by atoms with Gasteiger partial charge in [-0.1, -0.05) is 37.3 Å². The number of hydrogen-bond donors (Lipinski definition) is 3. The molecule has 1 aliphatic rings. The first kappa shape index (κ1) is 22.9. The molecule has 5 nitrogen and oxygen atoms in total. The normalized spacial score (nSPS) is 15.8. The molecule has 0 aliphatic carbocycles. The molecule has 1 unspecified atom stereocenters. The van der Waals surface area contributed by atoms with Crippen molar-refractivity contribution in [2.75, 3.05) is 5.32 Å². The van der Waals surface area contributed by atoms with Gasteiger partial charge in [0.25, 0.3) is 0 Å². The summed E-state index contributed by atoms with van der Waals surface area (Å²) in [5, 5.41) is 12.9. The van der Waals surface area contributed by atoms with Crippen LogP contribution in [0.25, 0.3) is 5.57 Å². The van der Waals surface area contributed by atoms with E-state index in [-0.39, 0.29) is 11.6 Å². The molecule has 0 aromatic heterocycles. The number of para-hydroxylation sites is 1. The molecule has 0 radical (unpaired) electrons. The molecule has 2 aromatic carbocycles. The van der Waals surface area contributed by atoms with Crippen molar-refractivity contribution in [3.8, 4) is 5.75 Å². The Kier molecular flexibility index (Phi) is 7.21. The Hall–Kier alpha value is -3.73. The number of carboxylic acid groups (broad SMARTS) is 1. The number of aryl methyl sites for hydroxylation is 1. The number of carbonyl (C=O) groups is 1. The Labute approximate surface area is 189 Å². The quantitative estimate of drug-likeness (QED) is 0.445. The zero-order valence-electron chi connectivity index (χ0n) is 19.0. The van der Waals surface area contributed by atoms with Gasteiger partial charge in [-0.05, 0) is 74.9 Å². The molecule has 0 saturated carbocycles. The molecular weight excluding hydrogens is 400 g/mol. The lowest BCUT2D eigenvalue weighted by Crippen LogP contribution is -2.15. The maximum atomic E-state index is 11.7. The van der Waals surface area contributed by atoms with Crippen LogP contribution in [0.5, 0.6) is 5.75 Å². The third-order valence-electron chi connectivity index (χ3n) is 5.36. The number of anilines is 1. The van der Waals surface area contributed by atoms with E-state index in [0.29, 0.717) is 5.69 Å². The third-order valence-corrected chi connectivity index (χ3v) is 5.36. The monoisotopic (exact) mass is 430 g/mol. The second-order valence-electron chi connectivity index (χ2n) is 7.73. The molecule has 0 saturated heterocycles. The van der Waals surface area contributed by atoms with Gasteiger partial charge in [0.1, 0.15) is 11.5 Å². The van der Waals surface area contributed by atoms with Crippen molar-refractivity contribution >= 4 is 17.2 Å². The predicted molar refractivity (Wildman–Crippen MR) is 131 cm³/mol. The largest absolute Gasteiger partial charge is 0.478 e. The van der Waals surface area contributed by atoms with Crippen molar-refractivity contribution in [2.45, 2.75) is 40.2 Å². The predicted octanol–water partition coefficient (Wildman–Crippen LogP) is 6.35. The number of rotatable bonds is 7. The molecule has 166 valence electrons. The highest BCUT2D eigenvalue weighted by molar-refractivity contribution is 5.94. The molecule has 0 bridgehead atoms. The summed E-state index contributed by atoms with van der Waals surface area (Å²) in [7, 11) is 0. The number of carboxylic acids is 1. The molecular formula is C27H30N2O3. The van der Waals surface area contributed by atoms with Crippen molar-refractivity contribution in [3.05, 3.63) is 100 Å². The van der Waals surface area contributed by atoms with Crippen LogP contribution in [0.15, 0.2) is 78.2 Å². The maximum Gasteiger partial charge on any atom is 0.337 e. The van der Waals surface area contributed by atoms with E-state index in [1.54, 1.807) is 18.2 Å². The summed E-state index contributed by atoms with van der Waals surface area (Å²) in [6.07, 6.45) is 10.4. The molecule has 3 rings (SSSR count). The summed E-state index contributed by atoms with van der Waals surface area (Å²) in [5.74, 6) is 0.530. The number of hydrogen-bond acceptors (Lipinski definition) is 4. The van der Waals surface area contributed by atoms with Crippen molar-refractivity contribution < 1.29 is 14.6 Å². The van der Waals surface area contributed by atoms with Gasteiger partial charge >= 0.3 is 5.97 Å². The van der Waals surface area contributed by atoms with Crippen molar-refractivity contribution in [1.82, 2.24) is 0 Å². The van der Waals surface area contributed by atoms with Crippen LogP contribution >= 0.6 is 0 Å². The van der Waals surface area contributed by atoms with Gasteiger partial charge in [0.15, 0.2) is 0 Å². The van der Waals surface area contributed by atoms with E-state index in [9.17, 15) is 9.90 Å². The van der Waals surface area contributed by atoms with E-state index in [1.807, 2.05) is 38.1 Å². The summed E-state index contributed by atoms with van der Waals surface area (Å²) < 4.78 is 6.43. The van der Waals surface area contributed by atoms with Crippen LogP contribution in [-0.2, 0) is 0 Å². The Morgan fingerprint density at radius 3 is 2.69 bits per heavy atom. The highest BCUT2D eigenvalue weighted by Gasteiger charge is 2.25. The molecule has 32 heavy (non-hydrogen) atoms. The Balaban J connectivity index is 2.10. The molecule has 0 amide bonds. The molecule has 1 aliphatic heterocycles. The zero-order valence-corrected chi connectivity index (χ0v) is 19.0. The van der Waals surface area contributed by atoms with Crippen LogP contribution in [0, 0.1) is 6.92 Å². The number of nitrogens with two attached hydrogens (primary N) is 1.